The zero-order valence-electron chi connectivity index (χ0n) is 18.3. The summed E-state index contributed by atoms with van der Waals surface area (Å²) in [6.07, 6.45) is 13.7. The van der Waals surface area contributed by atoms with Gasteiger partial charge in [-0.2, -0.15) is 0 Å². The molecule has 0 atom stereocenters. The third-order valence-corrected chi connectivity index (χ3v) is 5.23. The summed E-state index contributed by atoms with van der Waals surface area (Å²) in [6, 6.07) is 8.83. The summed E-state index contributed by atoms with van der Waals surface area (Å²) in [4.78, 5) is 0. The van der Waals surface area contributed by atoms with Gasteiger partial charge in [0, 0.05) is 12.2 Å². The molecule has 172 valence electrons. The van der Waals surface area contributed by atoms with Crippen molar-refractivity contribution in [3.63, 3.8) is 0 Å². The summed E-state index contributed by atoms with van der Waals surface area (Å²) in [5, 5.41) is 0. The highest BCUT2D eigenvalue weighted by molar-refractivity contribution is 6.02. The zero-order valence-corrected chi connectivity index (χ0v) is 18.3. The number of nitrogens with zero attached hydrogens (tertiary/aromatic N) is 1. The highest BCUT2D eigenvalue weighted by atomic mass is 19.2. The maximum absolute atomic E-state index is 14.5. The Bertz CT molecular complexity index is 1320. The first kappa shape index (κ1) is 23.2. The number of allylic oxidation sites excluding steroid dienone is 10. The highest BCUT2D eigenvalue weighted by Crippen LogP contribution is 2.36. The van der Waals surface area contributed by atoms with Gasteiger partial charge < -0.3 is 4.74 Å². The van der Waals surface area contributed by atoms with Crippen LogP contribution in [0, 0.1) is 29.1 Å². The number of benzene rings is 2. The van der Waals surface area contributed by atoms with Crippen molar-refractivity contribution in [1.29, 1.82) is 0 Å². The van der Waals surface area contributed by atoms with Crippen LogP contribution in [0.25, 0.3) is 11.3 Å². The molecule has 1 aliphatic carbocycles. The van der Waals surface area contributed by atoms with Crippen LogP contribution in [0.3, 0.4) is 0 Å². The van der Waals surface area contributed by atoms with Crippen LogP contribution in [0.1, 0.15) is 11.1 Å². The van der Waals surface area contributed by atoms with E-state index in [9.17, 15) is 22.0 Å². The van der Waals surface area contributed by atoms with E-state index in [0.29, 0.717) is 11.1 Å². The quantitative estimate of drug-likeness (QED) is 0.217. The van der Waals surface area contributed by atoms with Crippen molar-refractivity contribution in [3.05, 3.63) is 130 Å². The molecule has 0 fully saturated rings. The van der Waals surface area contributed by atoms with Gasteiger partial charge in [0.15, 0.2) is 29.0 Å². The summed E-state index contributed by atoms with van der Waals surface area (Å²) in [5.41, 5.74) is 1.85. The Hall–Kier alpha value is -4.00. The molecule has 1 aliphatic heterocycles. The molecule has 4 rings (SSSR count). The minimum absolute atomic E-state index is 0.164. The van der Waals surface area contributed by atoms with Crippen LogP contribution < -0.4 is 0 Å². The predicted octanol–water partition coefficient (Wildman–Crippen LogP) is 6.49. The van der Waals surface area contributed by atoms with Crippen LogP contribution in [0.4, 0.5) is 22.0 Å². The molecule has 0 aromatic heterocycles. The van der Waals surface area contributed by atoms with Crippen molar-refractivity contribution in [2.24, 2.45) is 0 Å². The highest BCUT2D eigenvalue weighted by Gasteiger charge is 2.30. The molecule has 0 N–H and O–H groups in total. The van der Waals surface area contributed by atoms with Crippen LogP contribution in [0.5, 0.6) is 0 Å². The normalized spacial score (nSPS) is 16.4. The molecule has 1 heterocycles. The largest absolute Gasteiger partial charge is 0.456 e. The third kappa shape index (κ3) is 4.55. The van der Waals surface area contributed by atoms with Gasteiger partial charge in [-0.05, 0) is 47.1 Å². The smallest absolute Gasteiger partial charge is 0.200 e. The molecule has 0 saturated heterocycles. The van der Waals surface area contributed by atoms with Gasteiger partial charge >= 0.3 is 0 Å². The fourth-order valence-corrected chi connectivity index (χ4v) is 3.41. The second kappa shape index (κ2) is 9.47. The second-order valence-electron chi connectivity index (χ2n) is 7.74. The van der Waals surface area contributed by atoms with E-state index in [1.807, 2.05) is 43.0 Å². The molecule has 0 bridgehead atoms. The van der Waals surface area contributed by atoms with Crippen LogP contribution in [-0.2, 0) is 4.74 Å². The van der Waals surface area contributed by atoms with Crippen LogP contribution in [0.15, 0.2) is 90.3 Å². The SMILES string of the molecule is C[N+](C)=C1C=CC(=C/C=C2/C=C(c3ccccc3)C=C(c3c(F)c(F)c(F)c(F)c3F)O2)C=C1. The maximum Gasteiger partial charge on any atom is 0.200 e. The summed E-state index contributed by atoms with van der Waals surface area (Å²) in [7, 11) is 3.83. The molecule has 2 aromatic rings. The topological polar surface area (TPSA) is 12.2 Å². The number of hydrogen-bond acceptors (Lipinski definition) is 1. The fraction of sp³-hybridized carbons (Fsp3) is 0.0741. The second-order valence-corrected chi connectivity index (χ2v) is 7.74. The van der Waals surface area contributed by atoms with Gasteiger partial charge in [0.2, 0.25) is 5.82 Å². The minimum Gasteiger partial charge on any atom is -0.456 e. The first-order valence-electron chi connectivity index (χ1n) is 10.3. The van der Waals surface area contributed by atoms with Crippen LogP contribution >= 0.6 is 0 Å². The molecule has 2 nitrogen and oxygen atoms in total. The van der Waals surface area contributed by atoms with Gasteiger partial charge in [0.05, 0.1) is 5.56 Å². The lowest BCUT2D eigenvalue weighted by Crippen LogP contribution is -2.10. The van der Waals surface area contributed by atoms with Gasteiger partial charge in [-0.25, -0.2) is 26.5 Å². The Morgan fingerprint density at radius 2 is 1.29 bits per heavy atom. The van der Waals surface area contributed by atoms with Crippen LogP contribution in [0.2, 0.25) is 0 Å². The third-order valence-electron chi connectivity index (χ3n) is 5.23. The Labute approximate surface area is 193 Å². The Morgan fingerprint density at radius 1 is 0.706 bits per heavy atom. The van der Waals surface area contributed by atoms with E-state index in [0.717, 1.165) is 11.3 Å². The van der Waals surface area contributed by atoms with Crippen molar-refractivity contribution in [2.75, 3.05) is 14.1 Å². The van der Waals surface area contributed by atoms with Gasteiger partial charge in [-0.3, -0.25) is 0 Å². The molecule has 7 heteroatoms. The number of rotatable bonds is 3. The zero-order chi connectivity index (χ0) is 24.4. The fourth-order valence-electron chi connectivity index (χ4n) is 3.41. The number of hydrogen-bond donors (Lipinski definition) is 0. The van der Waals surface area contributed by atoms with E-state index in [1.165, 1.54) is 6.08 Å². The molecule has 0 spiro atoms. The molecule has 34 heavy (non-hydrogen) atoms. The predicted molar refractivity (Wildman–Crippen MR) is 121 cm³/mol. The Kier molecular flexibility index (Phi) is 6.45. The summed E-state index contributed by atoms with van der Waals surface area (Å²) in [6.45, 7) is 0. The van der Waals surface area contributed by atoms with Crippen LogP contribution in [-0.4, -0.2) is 24.4 Å². The number of halogens is 5. The van der Waals surface area contributed by atoms with Crippen molar-refractivity contribution >= 4 is 17.0 Å². The molecule has 0 saturated carbocycles. The lowest BCUT2D eigenvalue weighted by Gasteiger charge is -2.19. The lowest BCUT2D eigenvalue weighted by atomic mass is 9.99. The van der Waals surface area contributed by atoms with E-state index in [-0.39, 0.29) is 5.76 Å². The van der Waals surface area contributed by atoms with Crippen molar-refractivity contribution in [2.45, 2.75) is 0 Å². The van der Waals surface area contributed by atoms with Gasteiger partial charge in [0.25, 0.3) is 0 Å². The van der Waals surface area contributed by atoms with Gasteiger partial charge in [0.1, 0.15) is 25.6 Å². The van der Waals surface area contributed by atoms with E-state index < -0.39 is 40.4 Å². The van der Waals surface area contributed by atoms with Gasteiger partial charge in [-0.1, -0.05) is 36.4 Å². The van der Waals surface area contributed by atoms with Crippen molar-refractivity contribution in [1.82, 2.24) is 0 Å². The monoisotopic (exact) mass is 468 g/mol. The van der Waals surface area contributed by atoms with Gasteiger partial charge in [-0.15, -0.1) is 0 Å². The van der Waals surface area contributed by atoms with E-state index in [2.05, 4.69) is 0 Å². The molecule has 0 radical (unpaired) electrons. The molecule has 2 aliphatic rings. The standard InChI is InChI=1S/C27H19F5NO/c1-33(2)19-11-8-16(9-12-19)10-13-20-14-18(17-6-4-3-5-7-17)15-21(34-20)22-23(28)25(30)27(32)26(31)24(22)29/h3-15H,1-2H3/q+1/b20-13-. The lowest BCUT2D eigenvalue weighted by molar-refractivity contribution is -0.462. The molecular formula is C27H19F5NO+. The Morgan fingerprint density at radius 3 is 1.88 bits per heavy atom. The minimum atomic E-state index is -2.22. The molecule has 0 amide bonds. The maximum atomic E-state index is 14.5. The average Bonchev–Trinajstić information content (AvgIpc) is 2.86. The van der Waals surface area contributed by atoms with Crippen molar-refractivity contribution < 1.29 is 31.3 Å². The van der Waals surface area contributed by atoms with E-state index in [4.69, 9.17) is 4.74 Å². The summed E-state index contributed by atoms with van der Waals surface area (Å²) < 4.78 is 77.8. The summed E-state index contributed by atoms with van der Waals surface area (Å²) in [5.74, 6) is -10.5. The molecule has 2 aromatic carbocycles. The van der Waals surface area contributed by atoms with E-state index >= 15 is 0 Å². The molecule has 0 unspecified atom stereocenters. The summed E-state index contributed by atoms with van der Waals surface area (Å²) >= 11 is 0. The first-order chi connectivity index (χ1) is 16.3. The number of ether oxygens (including phenoxy) is 1. The average molecular weight is 468 g/mol. The first-order valence-corrected chi connectivity index (χ1v) is 10.3. The van der Waals surface area contributed by atoms with E-state index in [1.54, 1.807) is 48.6 Å². The van der Waals surface area contributed by atoms with Crippen molar-refractivity contribution in [3.8, 4) is 0 Å². The molecular weight excluding hydrogens is 449 g/mol. The Balaban J connectivity index is 1.80.